The van der Waals surface area contributed by atoms with Gasteiger partial charge in [0.1, 0.15) is 29.4 Å². The number of carbonyl (C=O) groups is 1. The molecule has 2 heterocycles. The number of ether oxygens (including phenoxy) is 3. The maximum atomic E-state index is 12.5. The molecule has 0 unspecified atom stereocenters. The summed E-state index contributed by atoms with van der Waals surface area (Å²) in [5.74, 6) is 1.73. The van der Waals surface area contributed by atoms with E-state index in [0.29, 0.717) is 26.3 Å². The lowest BCUT2D eigenvalue weighted by molar-refractivity contribution is -0.696. The number of amides is 1. The minimum atomic E-state index is -0.498. The number of anilines is 2. The number of nitrogens with zero attached hydrogens (tertiary/aromatic N) is 2. The van der Waals surface area contributed by atoms with E-state index >= 15 is 0 Å². The van der Waals surface area contributed by atoms with Crippen molar-refractivity contribution in [2.45, 2.75) is 52.3 Å². The Bertz CT molecular complexity index is 1240. The largest absolute Gasteiger partial charge is 1.00 e. The quantitative estimate of drug-likeness (QED) is 0.159. The van der Waals surface area contributed by atoms with Crippen molar-refractivity contribution >= 4 is 17.5 Å². The summed E-state index contributed by atoms with van der Waals surface area (Å²) in [5, 5.41) is 3.44. The van der Waals surface area contributed by atoms with Crippen LogP contribution in [-0.4, -0.2) is 36.4 Å². The van der Waals surface area contributed by atoms with Crippen LogP contribution in [0.2, 0.25) is 0 Å². The molecule has 1 N–H and O–H groups in total. The molecule has 0 bridgehead atoms. The first-order valence-corrected chi connectivity index (χ1v) is 13.1. The number of hydrogen-bond acceptors (Lipinski definition) is 5. The summed E-state index contributed by atoms with van der Waals surface area (Å²) < 4.78 is 19.4. The van der Waals surface area contributed by atoms with Gasteiger partial charge in [-0.25, -0.2) is 9.36 Å². The Hall–Kier alpha value is -3.27. The van der Waals surface area contributed by atoms with Crippen LogP contribution >= 0.6 is 0 Å². The minimum Gasteiger partial charge on any atom is -1.00 e. The first kappa shape index (κ1) is 30.3. The molecule has 8 heteroatoms. The van der Waals surface area contributed by atoms with Crippen LogP contribution in [0, 0.1) is 0 Å². The van der Waals surface area contributed by atoms with E-state index in [0.717, 1.165) is 47.8 Å². The summed E-state index contributed by atoms with van der Waals surface area (Å²) in [6, 6.07) is 18.0. The Morgan fingerprint density at radius 1 is 1.08 bits per heavy atom. The van der Waals surface area contributed by atoms with E-state index in [-0.39, 0.29) is 30.1 Å². The second kappa shape index (κ2) is 14.2. The van der Waals surface area contributed by atoms with Gasteiger partial charge in [0.25, 0.3) is 0 Å². The molecule has 1 amide bonds. The summed E-state index contributed by atoms with van der Waals surface area (Å²) in [6.07, 6.45) is 7.25. The Labute approximate surface area is 248 Å². The lowest BCUT2D eigenvalue weighted by atomic mass is 9.99. The zero-order valence-corrected chi connectivity index (χ0v) is 25.1. The fraction of sp³-hybridized carbons (Fsp3) is 0.355. The molecule has 0 spiro atoms. The van der Waals surface area contributed by atoms with Gasteiger partial charge in [-0.1, -0.05) is 24.8 Å². The molecule has 1 aromatic heterocycles. The summed E-state index contributed by atoms with van der Waals surface area (Å²) in [7, 11) is 0. The highest BCUT2D eigenvalue weighted by atomic mass is 127. The summed E-state index contributed by atoms with van der Waals surface area (Å²) in [6.45, 7) is 12.5. The second-order valence-corrected chi connectivity index (χ2v) is 10.3. The van der Waals surface area contributed by atoms with Gasteiger partial charge in [0.15, 0.2) is 18.9 Å². The fourth-order valence-corrected chi connectivity index (χ4v) is 4.31. The Balaban J connectivity index is 0.00000420. The van der Waals surface area contributed by atoms with Gasteiger partial charge < -0.3 is 48.4 Å². The normalized spacial score (nSPS) is 12.5. The molecule has 0 fully saturated rings. The van der Waals surface area contributed by atoms with Crippen LogP contribution in [0.4, 0.5) is 16.2 Å². The Kier molecular flexibility index (Phi) is 11.0. The highest BCUT2D eigenvalue weighted by Gasteiger charge is 2.27. The summed E-state index contributed by atoms with van der Waals surface area (Å²) in [5.41, 5.74) is 3.82. The average Bonchev–Trinajstić information content (AvgIpc) is 2.90. The van der Waals surface area contributed by atoms with Crippen LogP contribution in [-0.2, 0) is 24.2 Å². The van der Waals surface area contributed by atoms with E-state index in [1.165, 1.54) is 5.56 Å². The number of aryl methyl sites for hydroxylation is 1. The number of benzene rings is 2. The number of hydrogen-bond donors (Lipinski definition) is 1. The fourth-order valence-electron chi connectivity index (χ4n) is 4.31. The predicted molar refractivity (Wildman–Crippen MR) is 149 cm³/mol. The van der Waals surface area contributed by atoms with Crippen molar-refractivity contribution in [3.8, 4) is 11.5 Å². The third kappa shape index (κ3) is 9.16. The van der Waals surface area contributed by atoms with E-state index in [1.54, 1.807) is 11.0 Å². The highest BCUT2D eigenvalue weighted by Crippen LogP contribution is 2.29. The van der Waals surface area contributed by atoms with Gasteiger partial charge in [-0.3, -0.25) is 0 Å². The molecule has 1 aliphatic heterocycles. The van der Waals surface area contributed by atoms with Crippen LogP contribution in [0.3, 0.4) is 0 Å². The number of aromatic nitrogens is 1. The van der Waals surface area contributed by atoms with Crippen molar-refractivity contribution in [1.29, 1.82) is 0 Å². The molecule has 208 valence electrons. The van der Waals surface area contributed by atoms with E-state index in [1.807, 2.05) is 69.3 Å². The number of nitrogens with one attached hydrogen (secondary N) is 1. The molecular formula is C31H38IN3O4. The van der Waals surface area contributed by atoms with Crippen molar-refractivity contribution in [1.82, 2.24) is 4.90 Å². The summed E-state index contributed by atoms with van der Waals surface area (Å²) in [4.78, 5) is 14.3. The molecule has 39 heavy (non-hydrogen) atoms. The van der Waals surface area contributed by atoms with Gasteiger partial charge in [0.2, 0.25) is 0 Å². The van der Waals surface area contributed by atoms with Crippen molar-refractivity contribution in [2.24, 2.45) is 0 Å². The van der Waals surface area contributed by atoms with Crippen molar-refractivity contribution in [3.05, 3.63) is 90.8 Å². The van der Waals surface area contributed by atoms with Crippen LogP contribution in [0.1, 0.15) is 38.3 Å². The molecule has 3 aromatic rings. The third-order valence-electron chi connectivity index (χ3n) is 6.06. The van der Waals surface area contributed by atoms with E-state index in [4.69, 9.17) is 14.2 Å². The Morgan fingerprint density at radius 2 is 1.87 bits per heavy atom. The highest BCUT2D eigenvalue weighted by molar-refractivity contribution is 5.69. The smallest absolute Gasteiger partial charge is 0.410 e. The summed E-state index contributed by atoms with van der Waals surface area (Å²) >= 11 is 0. The predicted octanol–water partition coefficient (Wildman–Crippen LogP) is 3.05. The van der Waals surface area contributed by atoms with Crippen LogP contribution in [0.15, 0.2) is 79.6 Å². The molecule has 1 aliphatic rings. The number of rotatable bonds is 10. The first-order valence-electron chi connectivity index (χ1n) is 13.1. The molecule has 0 saturated carbocycles. The number of halogens is 1. The molecule has 0 saturated heterocycles. The van der Waals surface area contributed by atoms with Crippen LogP contribution in [0.25, 0.3) is 0 Å². The average molecular weight is 644 g/mol. The Morgan fingerprint density at radius 3 is 2.62 bits per heavy atom. The lowest BCUT2D eigenvalue weighted by Crippen LogP contribution is -3.00. The minimum absolute atomic E-state index is 0. The number of carbonyl (C=O) groups excluding carboxylic acids is 1. The third-order valence-corrected chi connectivity index (χ3v) is 6.06. The van der Waals surface area contributed by atoms with Crippen LogP contribution < -0.4 is 43.3 Å². The lowest BCUT2D eigenvalue weighted by Gasteiger charge is -2.31. The van der Waals surface area contributed by atoms with Crippen LogP contribution in [0.5, 0.6) is 11.5 Å². The van der Waals surface area contributed by atoms with E-state index in [9.17, 15) is 4.79 Å². The monoisotopic (exact) mass is 643 g/mol. The van der Waals surface area contributed by atoms with Gasteiger partial charge in [-0.05, 0) is 69.2 Å². The maximum absolute atomic E-state index is 12.5. The topological polar surface area (TPSA) is 63.9 Å². The molecular weight excluding hydrogens is 605 g/mol. The zero-order valence-electron chi connectivity index (χ0n) is 23.0. The van der Waals surface area contributed by atoms with Gasteiger partial charge >= 0.3 is 6.09 Å². The van der Waals surface area contributed by atoms with Gasteiger partial charge in [-0.15, -0.1) is 0 Å². The first-order chi connectivity index (χ1) is 18.3. The van der Waals surface area contributed by atoms with E-state index in [2.05, 4.69) is 34.9 Å². The van der Waals surface area contributed by atoms with Crippen molar-refractivity contribution in [2.75, 3.05) is 25.1 Å². The molecule has 7 nitrogen and oxygen atoms in total. The molecule has 0 atom stereocenters. The number of pyridine rings is 1. The van der Waals surface area contributed by atoms with E-state index < -0.39 is 5.60 Å². The molecule has 4 rings (SSSR count). The van der Waals surface area contributed by atoms with Crippen molar-refractivity contribution < 1.29 is 47.5 Å². The maximum Gasteiger partial charge on any atom is 0.410 e. The molecule has 2 aromatic carbocycles. The second-order valence-electron chi connectivity index (χ2n) is 10.3. The standard InChI is InChI=1S/C31H38N3O4.HI/c1-5-20-36-27-14-12-25(13-15-27)32-26-10-7-17-33(23-26)18-8-21-37-29-11-6-9-24-22-34(19-16-28(24)29)30(35)38-31(2,3)4;/h5-7,9-15,17,23,32H,1,8,16,18-22H2,2-4H3;1H/q+1;/p-1. The number of fused-ring (bicyclic) bond motifs is 1. The molecule has 0 radical (unpaired) electrons. The SMILES string of the molecule is C=CCOc1ccc(Nc2ccc[n+](CCCOc3cccc4c3CCN(C(=O)OC(C)(C)C)C4)c2)cc1.[I-]. The van der Waals surface area contributed by atoms with Gasteiger partial charge in [0.05, 0.1) is 6.61 Å². The van der Waals surface area contributed by atoms with Gasteiger partial charge in [0, 0.05) is 36.8 Å². The van der Waals surface area contributed by atoms with Gasteiger partial charge in [-0.2, -0.15) is 0 Å². The molecule has 0 aliphatic carbocycles. The van der Waals surface area contributed by atoms with Crippen molar-refractivity contribution in [3.63, 3.8) is 0 Å². The zero-order chi connectivity index (χ0) is 27.0.